The monoisotopic (exact) mass is 291 g/mol. The van der Waals surface area contributed by atoms with Crippen LogP contribution in [0.15, 0.2) is 24.3 Å². The second-order valence-electron chi connectivity index (χ2n) is 5.70. The number of hydrogen-bond acceptors (Lipinski definition) is 2. The lowest BCUT2D eigenvalue weighted by molar-refractivity contribution is -0.121. The van der Waals surface area contributed by atoms with Crippen LogP contribution in [0.25, 0.3) is 0 Å². The summed E-state index contributed by atoms with van der Waals surface area (Å²) in [5, 5.41) is 2.93. The van der Waals surface area contributed by atoms with E-state index in [0.29, 0.717) is 18.9 Å². The van der Waals surface area contributed by atoms with Gasteiger partial charge in [-0.05, 0) is 42.9 Å². The highest BCUT2D eigenvalue weighted by Gasteiger charge is 2.03. The largest absolute Gasteiger partial charge is 0.493 e. The molecule has 1 atom stereocenters. The summed E-state index contributed by atoms with van der Waals surface area (Å²) in [6.45, 7) is 7.91. The van der Waals surface area contributed by atoms with Gasteiger partial charge in [0.1, 0.15) is 5.75 Å². The zero-order valence-electron chi connectivity index (χ0n) is 13.7. The number of carbonyl (C=O) groups is 1. The van der Waals surface area contributed by atoms with Gasteiger partial charge in [0.25, 0.3) is 0 Å². The first kappa shape index (κ1) is 17.5. The van der Waals surface area contributed by atoms with Crippen molar-refractivity contribution in [3.8, 4) is 5.75 Å². The Balaban J connectivity index is 2.28. The first-order valence-electron chi connectivity index (χ1n) is 8.14. The van der Waals surface area contributed by atoms with Crippen LogP contribution in [-0.2, 0) is 11.2 Å². The van der Waals surface area contributed by atoms with Crippen molar-refractivity contribution in [3.63, 3.8) is 0 Å². The minimum Gasteiger partial charge on any atom is -0.493 e. The van der Waals surface area contributed by atoms with Crippen LogP contribution in [0, 0.1) is 5.92 Å². The molecular formula is C18H29NO2. The van der Waals surface area contributed by atoms with Crippen LogP contribution in [0.4, 0.5) is 0 Å². The van der Waals surface area contributed by atoms with Gasteiger partial charge in [0.15, 0.2) is 0 Å². The molecule has 0 spiro atoms. The molecule has 1 amide bonds. The van der Waals surface area contributed by atoms with Crippen molar-refractivity contribution < 1.29 is 9.53 Å². The molecule has 0 aliphatic rings. The summed E-state index contributed by atoms with van der Waals surface area (Å²) in [4.78, 5) is 11.4. The molecule has 1 unspecified atom stereocenters. The summed E-state index contributed by atoms with van der Waals surface area (Å²) in [7, 11) is 0. The van der Waals surface area contributed by atoms with Gasteiger partial charge >= 0.3 is 0 Å². The van der Waals surface area contributed by atoms with Gasteiger partial charge in [-0.15, -0.1) is 0 Å². The Kier molecular flexibility index (Phi) is 8.56. The van der Waals surface area contributed by atoms with Crippen LogP contribution >= 0.6 is 0 Å². The highest BCUT2D eigenvalue weighted by Crippen LogP contribution is 2.15. The molecule has 21 heavy (non-hydrogen) atoms. The van der Waals surface area contributed by atoms with Crippen molar-refractivity contribution >= 4 is 5.91 Å². The number of benzene rings is 1. The van der Waals surface area contributed by atoms with E-state index < -0.39 is 0 Å². The summed E-state index contributed by atoms with van der Waals surface area (Å²) in [6, 6.07) is 8.18. The summed E-state index contributed by atoms with van der Waals surface area (Å²) in [6.07, 6.45) is 4.78. The summed E-state index contributed by atoms with van der Waals surface area (Å²) >= 11 is 0. The topological polar surface area (TPSA) is 38.3 Å². The molecule has 1 N–H and O–H groups in total. The molecule has 1 aromatic carbocycles. The molecule has 3 nitrogen and oxygen atoms in total. The molecule has 0 aromatic heterocycles. The summed E-state index contributed by atoms with van der Waals surface area (Å²) in [5.41, 5.74) is 1.22. The van der Waals surface area contributed by atoms with Gasteiger partial charge in [-0.2, -0.15) is 0 Å². The number of ether oxygens (including phenoxy) is 1. The molecule has 118 valence electrons. The number of hydrogen-bond donors (Lipinski definition) is 1. The fourth-order valence-electron chi connectivity index (χ4n) is 2.23. The molecule has 3 heteroatoms. The van der Waals surface area contributed by atoms with Gasteiger partial charge in [0.05, 0.1) is 6.61 Å². The third-order valence-electron chi connectivity index (χ3n) is 3.45. The Hall–Kier alpha value is -1.51. The van der Waals surface area contributed by atoms with Crippen LogP contribution in [0.3, 0.4) is 0 Å². The van der Waals surface area contributed by atoms with E-state index in [4.69, 9.17) is 4.74 Å². The second-order valence-corrected chi connectivity index (χ2v) is 5.70. The van der Waals surface area contributed by atoms with Gasteiger partial charge < -0.3 is 10.1 Å². The second kappa shape index (κ2) is 10.3. The Labute approximate surface area is 129 Å². The van der Waals surface area contributed by atoms with Crippen LogP contribution in [-0.4, -0.2) is 19.1 Å². The lowest BCUT2D eigenvalue weighted by atomic mass is 10.1. The zero-order valence-corrected chi connectivity index (χ0v) is 13.7. The third-order valence-corrected chi connectivity index (χ3v) is 3.45. The maximum absolute atomic E-state index is 11.4. The van der Waals surface area contributed by atoms with E-state index in [1.807, 2.05) is 19.1 Å². The highest BCUT2D eigenvalue weighted by molar-refractivity contribution is 5.75. The highest BCUT2D eigenvalue weighted by atomic mass is 16.5. The molecule has 0 saturated heterocycles. The molecule has 1 rings (SSSR count). The van der Waals surface area contributed by atoms with Crippen LogP contribution < -0.4 is 10.1 Å². The predicted molar refractivity (Wildman–Crippen MR) is 87.6 cm³/mol. The fourth-order valence-corrected chi connectivity index (χ4v) is 2.23. The fraction of sp³-hybridized carbons (Fsp3) is 0.611. The molecule has 0 radical (unpaired) electrons. The van der Waals surface area contributed by atoms with Crippen molar-refractivity contribution in [2.75, 3.05) is 13.2 Å². The van der Waals surface area contributed by atoms with Gasteiger partial charge in [-0.25, -0.2) is 0 Å². The lowest BCUT2D eigenvalue weighted by Gasteiger charge is -2.12. The van der Waals surface area contributed by atoms with E-state index in [0.717, 1.165) is 25.2 Å². The first-order valence-corrected chi connectivity index (χ1v) is 8.14. The van der Waals surface area contributed by atoms with Gasteiger partial charge in [-0.1, -0.05) is 39.3 Å². The minimum absolute atomic E-state index is 0.141. The van der Waals surface area contributed by atoms with E-state index >= 15 is 0 Å². The maximum atomic E-state index is 11.4. The van der Waals surface area contributed by atoms with Crippen molar-refractivity contribution in [1.82, 2.24) is 5.32 Å². The van der Waals surface area contributed by atoms with E-state index in [1.54, 1.807) is 0 Å². The quantitative estimate of drug-likeness (QED) is 0.708. The Bertz CT molecular complexity index is 400. The van der Waals surface area contributed by atoms with E-state index in [1.165, 1.54) is 18.4 Å². The minimum atomic E-state index is 0.141. The zero-order chi connectivity index (χ0) is 15.5. The molecule has 0 aliphatic heterocycles. The summed E-state index contributed by atoms with van der Waals surface area (Å²) in [5.74, 6) is 1.67. The van der Waals surface area contributed by atoms with Gasteiger partial charge in [-0.3, -0.25) is 4.79 Å². The molecule has 0 bridgehead atoms. The smallest absolute Gasteiger partial charge is 0.219 e. The number of amides is 1. The molecule has 0 heterocycles. The SMILES string of the molecule is CCCC(=O)NCCc1ccc(OCC(C)CCC)cc1. The number of carbonyl (C=O) groups excluding carboxylic acids is 1. The Morgan fingerprint density at radius 2 is 1.90 bits per heavy atom. The lowest BCUT2D eigenvalue weighted by Crippen LogP contribution is -2.25. The van der Waals surface area contributed by atoms with E-state index in [-0.39, 0.29) is 5.91 Å². The Morgan fingerprint density at radius 3 is 2.52 bits per heavy atom. The molecular weight excluding hydrogens is 262 g/mol. The standard InChI is InChI=1S/C18H29NO2/c1-4-6-15(3)14-21-17-10-8-16(9-11-17)12-13-19-18(20)7-5-2/h8-11,15H,4-7,12-14H2,1-3H3,(H,19,20). The molecule has 0 fully saturated rings. The van der Waals surface area contributed by atoms with Gasteiger partial charge in [0.2, 0.25) is 5.91 Å². The molecule has 0 aliphatic carbocycles. The van der Waals surface area contributed by atoms with Crippen LogP contribution in [0.1, 0.15) is 52.0 Å². The summed E-state index contributed by atoms with van der Waals surface area (Å²) < 4.78 is 5.78. The Morgan fingerprint density at radius 1 is 1.19 bits per heavy atom. The average molecular weight is 291 g/mol. The van der Waals surface area contributed by atoms with E-state index in [9.17, 15) is 4.79 Å². The van der Waals surface area contributed by atoms with Crippen molar-refractivity contribution in [3.05, 3.63) is 29.8 Å². The maximum Gasteiger partial charge on any atom is 0.219 e. The molecule has 0 saturated carbocycles. The van der Waals surface area contributed by atoms with Crippen molar-refractivity contribution in [2.45, 2.75) is 52.9 Å². The molecule has 1 aromatic rings. The van der Waals surface area contributed by atoms with E-state index in [2.05, 4.69) is 31.3 Å². The normalized spacial score (nSPS) is 12.0. The van der Waals surface area contributed by atoms with Crippen LogP contribution in [0.2, 0.25) is 0 Å². The van der Waals surface area contributed by atoms with Crippen molar-refractivity contribution in [2.24, 2.45) is 5.92 Å². The van der Waals surface area contributed by atoms with Crippen LogP contribution in [0.5, 0.6) is 5.75 Å². The van der Waals surface area contributed by atoms with Crippen molar-refractivity contribution in [1.29, 1.82) is 0 Å². The number of rotatable bonds is 10. The number of nitrogens with one attached hydrogen (secondary N) is 1. The van der Waals surface area contributed by atoms with Gasteiger partial charge in [0, 0.05) is 13.0 Å². The average Bonchev–Trinajstić information content (AvgIpc) is 2.47. The predicted octanol–water partition coefficient (Wildman–Crippen LogP) is 3.96. The third kappa shape index (κ3) is 7.74. The first-order chi connectivity index (χ1) is 10.2.